The van der Waals surface area contributed by atoms with Crippen molar-refractivity contribution in [3.05, 3.63) is 78.1 Å². The lowest BCUT2D eigenvalue weighted by atomic mass is 9.97. The van der Waals surface area contributed by atoms with Gasteiger partial charge in [0.25, 0.3) is 0 Å². The van der Waals surface area contributed by atoms with Gasteiger partial charge in [-0.15, -0.1) is 5.10 Å². The average Bonchev–Trinajstić information content (AvgIpc) is 3.33. The third-order valence-electron chi connectivity index (χ3n) is 6.64. The number of fused-ring (bicyclic) bond motifs is 1. The number of amides is 2. The van der Waals surface area contributed by atoms with Crippen LogP contribution in [0.4, 0.5) is 10.1 Å². The molecule has 1 atom stereocenters. The van der Waals surface area contributed by atoms with Gasteiger partial charge in [0, 0.05) is 16.8 Å². The van der Waals surface area contributed by atoms with Gasteiger partial charge in [-0.2, -0.15) is 0 Å². The first-order valence-electron chi connectivity index (χ1n) is 12.6. The van der Waals surface area contributed by atoms with Crippen molar-refractivity contribution in [1.82, 2.24) is 20.3 Å². The number of benzene rings is 3. The lowest BCUT2D eigenvalue weighted by Crippen LogP contribution is -2.51. The maximum Gasteiger partial charge on any atom is 0.249 e. The summed E-state index contributed by atoms with van der Waals surface area (Å²) in [5.41, 5.74) is 1.26. The van der Waals surface area contributed by atoms with Gasteiger partial charge < -0.3 is 14.8 Å². The zero-order valence-corrected chi connectivity index (χ0v) is 22.6. The Morgan fingerprint density at radius 1 is 1.05 bits per heavy atom. The summed E-state index contributed by atoms with van der Waals surface area (Å²) in [6, 6.07) is 16.7. The Bertz CT molecular complexity index is 1490. The van der Waals surface area contributed by atoms with Crippen molar-refractivity contribution in [3.63, 3.8) is 0 Å². The van der Waals surface area contributed by atoms with Crippen LogP contribution < -0.4 is 19.7 Å². The second-order valence-electron chi connectivity index (χ2n) is 9.69. The van der Waals surface area contributed by atoms with E-state index >= 15 is 0 Å². The van der Waals surface area contributed by atoms with Crippen LogP contribution >= 0.6 is 0 Å². The average molecular weight is 534 g/mol. The summed E-state index contributed by atoms with van der Waals surface area (Å²) < 4.78 is 27.1. The molecule has 9 nitrogen and oxygen atoms in total. The number of hydrogen-bond acceptors (Lipinski definition) is 6. The summed E-state index contributed by atoms with van der Waals surface area (Å²) in [5.74, 6) is -0.849. The van der Waals surface area contributed by atoms with Crippen LogP contribution in [0.15, 0.2) is 66.7 Å². The fraction of sp³-hybridized carbons (Fsp3) is 0.310. The SMILES string of the molecule is CCC(C)(C)NC(=O)C(c1cccc(OC)c1OC)N(C(=O)Cn1nnc2ccccc21)c1cccc(F)c1. The Labute approximate surface area is 226 Å². The summed E-state index contributed by atoms with van der Waals surface area (Å²) in [6.45, 7) is 5.48. The number of rotatable bonds is 10. The predicted molar refractivity (Wildman–Crippen MR) is 146 cm³/mol. The minimum atomic E-state index is -1.23. The lowest BCUT2D eigenvalue weighted by Gasteiger charge is -2.35. The fourth-order valence-corrected chi connectivity index (χ4v) is 4.32. The summed E-state index contributed by atoms with van der Waals surface area (Å²) in [5, 5.41) is 11.3. The van der Waals surface area contributed by atoms with Gasteiger partial charge in [-0.3, -0.25) is 14.5 Å². The summed E-state index contributed by atoms with van der Waals surface area (Å²) >= 11 is 0. The smallest absolute Gasteiger partial charge is 0.249 e. The quantitative estimate of drug-likeness (QED) is 0.318. The molecule has 0 bridgehead atoms. The number of hydrogen-bond donors (Lipinski definition) is 1. The van der Waals surface area contributed by atoms with Crippen LogP contribution in [0.5, 0.6) is 11.5 Å². The molecule has 39 heavy (non-hydrogen) atoms. The number of methoxy groups -OCH3 is 2. The molecular formula is C29H32FN5O4. The number of carbonyl (C=O) groups excluding carboxylic acids is 2. The van der Waals surface area contributed by atoms with Crippen molar-refractivity contribution in [3.8, 4) is 11.5 Å². The van der Waals surface area contributed by atoms with Crippen LogP contribution in [0.2, 0.25) is 0 Å². The molecule has 0 radical (unpaired) electrons. The topological polar surface area (TPSA) is 98.6 Å². The Balaban J connectivity index is 1.90. The highest BCUT2D eigenvalue weighted by atomic mass is 19.1. The molecule has 10 heteroatoms. The predicted octanol–water partition coefficient (Wildman–Crippen LogP) is 4.67. The second-order valence-corrected chi connectivity index (χ2v) is 9.69. The Morgan fingerprint density at radius 3 is 2.49 bits per heavy atom. The number of anilines is 1. The first kappa shape index (κ1) is 27.6. The Hall–Kier alpha value is -4.47. The van der Waals surface area contributed by atoms with Gasteiger partial charge in [0.15, 0.2) is 11.5 Å². The highest BCUT2D eigenvalue weighted by Gasteiger charge is 2.38. The van der Waals surface area contributed by atoms with Crippen molar-refractivity contribution < 1.29 is 23.5 Å². The number of halogens is 1. The van der Waals surface area contributed by atoms with E-state index in [-0.39, 0.29) is 18.0 Å². The number of nitrogens with one attached hydrogen (secondary N) is 1. The van der Waals surface area contributed by atoms with E-state index in [0.717, 1.165) is 0 Å². The van der Waals surface area contributed by atoms with Crippen molar-refractivity contribution in [2.75, 3.05) is 19.1 Å². The van der Waals surface area contributed by atoms with Crippen molar-refractivity contribution >= 4 is 28.5 Å². The highest BCUT2D eigenvalue weighted by Crippen LogP contribution is 2.39. The molecule has 1 aromatic heterocycles. The van der Waals surface area contributed by atoms with Crippen LogP contribution in [0.1, 0.15) is 38.8 Å². The fourth-order valence-electron chi connectivity index (χ4n) is 4.32. The maximum atomic E-state index is 14.5. The number of para-hydroxylation sites is 2. The zero-order chi connectivity index (χ0) is 28.2. The maximum absolute atomic E-state index is 14.5. The second kappa shape index (κ2) is 11.5. The number of carbonyl (C=O) groups is 2. The molecule has 4 aromatic rings. The monoisotopic (exact) mass is 533 g/mol. The van der Waals surface area contributed by atoms with Crippen molar-refractivity contribution in [2.24, 2.45) is 0 Å². The first-order chi connectivity index (χ1) is 18.7. The van der Waals surface area contributed by atoms with E-state index in [0.29, 0.717) is 28.8 Å². The van der Waals surface area contributed by atoms with Gasteiger partial charge in [-0.25, -0.2) is 9.07 Å². The van der Waals surface area contributed by atoms with E-state index in [1.165, 1.54) is 42.0 Å². The van der Waals surface area contributed by atoms with Gasteiger partial charge in [-0.1, -0.05) is 42.5 Å². The summed E-state index contributed by atoms with van der Waals surface area (Å²) in [6.07, 6.45) is 0.638. The van der Waals surface area contributed by atoms with Gasteiger partial charge in [0.05, 0.1) is 19.7 Å². The molecular weight excluding hydrogens is 501 g/mol. The van der Waals surface area contributed by atoms with Crippen LogP contribution in [-0.2, 0) is 16.1 Å². The normalized spacial score (nSPS) is 12.2. The number of aromatic nitrogens is 3. The molecule has 0 aliphatic rings. The molecule has 4 rings (SSSR count). The Morgan fingerprint density at radius 2 is 1.79 bits per heavy atom. The van der Waals surface area contributed by atoms with E-state index < -0.39 is 29.2 Å². The standard InChI is InChI=1S/C29H32FN5O4/c1-6-29(2,3)31-28(37)26(21-13-10-16-24(38-4)27(21)39-5)35(20-12-9-11-19(30)17-20)25(36)18-34-23-15-8-7-14-22(23)32-33-34/h7-17,26H,6,18H2,1-5H3,(H,31,37). The molecule has 0 aliphatic heterocycles. The largest absolute Gasteiger partial charge is 0.493 e. The molecule has 1 unspecified atom stereocenters. The van der Waals surface area contributed by atoms with Crippen LogP contribution in [0.25, 0.3) is 11.0 Å². The first-order valence-corrected chi connectivity index (χ1v) is 12.6. The number of ether oxygens (including phenoxy) is 2. The minimum absolute atomic E-state index is 0.198. The van der Waals surface area contributed by atoms with E-state index in [1.807, 2.05) is 32.9 Å². The minimum Gasteiger partial charge on any atom is -0.493 e. The molecule has 3 aromatic carbocycles. The van der Waals surface area contributed by atoms with Crippen molar-refractivity contribution in [1.29, 1.82) is 0 Å². The summed E-state index contributed by atoms with van der Waals surface area (Å²) in [4.78, 5) is 29.5. The highest BCUT2D eigenvalue weighted by molar-refractivity contribution is 6.02. The third-order valence-corrected chi connectivity index (χ3v) is 6.64. The zero-order valence-electron chi connectivity index (χ0n) is 22.6. The van der Waals surface area contributed by atoms with E-state index in [9.17, 15) is 14.0 Å². The molecule has 1 N–H and O–H groups in total. The van der Waals surface area contributed by atoms with Gasteiger partial charge >= 0.3 is 0 Å². The van der Waals surface area contributed by atoms with E-state index in [1.54, 1.807) is 36.4 Å². The van der Waals surface area contributed by atoms with E-state index in [2.05, 4.69) is 15.6 Å². The molecule has 0 spiro atoms. The third kappa shape index (κ3) is 5.84. The Kier molecular flexibility index (Phi) is 8.13. The number of nitrogens with zero attached hydrogens (tertiary/aromatic N) is 4. The van der Waals surface area contributed by atoms with Crippen LogP contribution in [0.3, 0.4) is 0 Å². The molecule has 0 saturated carbocycles. The molecule has 1 heterocycles. The van der Waals surface area contributed by atoms with Crippen molar-refractivity contribution in [2.45, 2.75) is 45.3 Å². The lowest BCUT2D eigenvalue weighted by molar-refractivity contribution is -0.128. The molecule has 0 aliphatic carbocycles. The van der Waals surface area contributed by atoms with E-state index in [4.69, 9.17) is 9.47 Å². The van der Waals surface area contributed by atoms with Gasteiger partial charge in [0.2, 0.25) is 11.8 Å². The summed E-state index contributed by atoms with van der Waals surface area (Å²) in [7, 11) is 2.95. The van der Waals surface area contributed by atoms with Crippen LogP contribution in [-0.4, -0.2) is 46.6 Å². The molecule has 2 amide bonds. The molecule has 0 saturated heterocycles. The van der Waals surface area contributed by atoms with Gasteiger partial charge in [-0.05, 0) is 56.7 Å². The molecule has 204 valence electrons. The van der Waals surface area contributed by atoms with Crippen LogP contribution in [0, 0.1) is 5.82 Å². The van der Waals surface area contributed by atoms with Gasteiger partial charge in [0.1, 0.15) is 23.9 Å². The molecule has 0 fully saturated rings.